The van der Waals surface area contributed by atoms with Gasteiger partial charge in [-0.25, -0.2) is 4.79 Å². The van der Waals surface area contributed by atoms with Crippen molar-refractivity contribution in [3.05, 3.63) is 0 Å². The van der Waals surface area contributed by atoms with Crippen molar-refractivity contribution in [3.63, 3.8) is 0 Å². The molecule has 0 spiro atoms. The summed E-state index contributed by atoms with van der Waals surface area (Å²) in [6, 6.07) is -0.0713. The predicted octanol–water partition coefficient (Wildman–Crippen LogP) is 1.21. The van der Waals surface area contributed by atoms with Crippen LogP contribution in [-0.4, -0.2) is 40.9 Å². The first-order valence-electron chi connectivity index (χ1n) is 5.35. The van der Waals surface area contributed by atoms with Gasteiger partial charge in [-0.3, -0.25) is 9.69 Å². The number of hydrogen-bond acceptors (Lipinski definition) is 3. The average molecular weight is 228 g/mol. The Morgan fingerprint density at radius 3 is 2.80 bits per heavy atom. The number of imide groups is 1. The zero-order chi connectivity index (χ0) is 10.8. The molecule has 0 bridgehead atoms. The molecule has 1 saturated carbocycles. The highest BCUT2D eigenvalue weighted by molar-refractivity contribution is 7.99. The second kappa shape index (κ2) is 4.43. The first-order chi connectivity index (χ1) is 7.22. The maximum atomic E-state index is 11.5. The summed E-state index contributed by atoms with van der Waals surface area (Å²) >= 11 is 1.84. The first kappa shape index (κ1) is 10.8. The highest BCUT2D eigenvalue weighted by atomic mass is 32.2. The molecule has 0 aromatic carbocycles. The van der Waals surface area contributed by atoms with Crippen LogP contribution in [-0.2, 0) is 4.79 Å². The van der Waals surface area contributed by atoms with Gasteiger partial charge in [-0.05, 0) is 25.5 Å². The van der Waals surface area contributed by atoms with E-state index in [1.54, 1.807) is 0 Å². The number of amides is 3. The third-order valence-electron chi connectivity index (χ3n) is 3.18. The lowest BCUT2D eigenvalue weighted by Gasteiger charge is -2.32. The lowest BCUT2D eigenvalue weighted by molar-refractivity contribution is -0.126. The van der Waals surface area contributed by atoms with Crippen molar-refractivity contribution in [2.45, 2.75) is 37.0 Å². The van der Waals surface area contributed by atoms with E-state index in [-0.39, 0.29) is 24.5 Å². The standard InChI is InChI=1S/C10H16N2O2S/c1-15-8-4-2-3-7(5-8)12-9(13)6-11-10(12)14/h7-8H,2-6H2,1H3,(H,11,14). The third-order valence-corrected chi connectivity index (χ3v) is 4.27. The summed E-state index contributed by atoms with van der Waals surface area (Å²) < 4.78 is 0. The normalized spacial score (nSPS) is 31.9. The molecule has 2 rings (SSSR count). The van der Waals surface area contributed by atoms with E-state index in [0.717, 1.165) is 19.3 Å². The molecule has 4 nitrogen and oxygen atoms in total. The van der Waals surface area contributed by atoms with E-state index in [4.69, 9.17) is 0 Å². The molecule has 2 unspecified atom stereocenters. The molecule has 1 heterocycles. The largest absolute Gasteiger partial charge is 0.329 e. The van der Waals surface area contributed by atoms with Crippen LogP contribution >= 0.6 is 11.8 Å². The van der Waals surface area contributed by atoms with E-state index in [1.165, 1.54) is 11.3 Å². The van der Waals surface area contributed by atoms with Crippen molar-refractivity contribution in [1.29, 1.82) is 0 Å². The summed E-state index contributed by atoms with van der Waals surface area (Å²) in [6.45, 7) is 0.180. The Morgan fingerprint density at radius 2 is 2.20 bits per heavy atom. The zero-order valence-corrected chi connectivity index (χ0v) is 9.68. The second-order valence-electron chi connectivity index (χ2n) is 4.10. The quantitative estimate of drug-likeness (QED) is 0.723. The number of nitrogens with one attached hydrogen (secondary N) is 1. The van der Waals surface area contributed by atoms with Crippen molar-refractivity contribution >= 4 is 23.7 Å². The SMILES string of the molecule is CSC1CCCC(N2C(=O)CNC2=O)C1. The number of rotatable bonds is 2. The number of hydrogen-bond donors (Lipinski definition) is 1. The molecule has 2 aliphatic rings. The van der Waals surface area contributed by atoms with Gasteiger partial charge < -0.3 is 5.32 Å². The van der Waals surface area contributed by atoms with Crippen LogP contribution in [0.15, 0.2) is 0 Å². The maximum Gasteiger partial charge on any atom is 0.324 e. The topological polar surface area (TPSA) is 49.4 Å². The Hall–Kier alpha value is -0.710. The molecule has 3 amide bonds. The fourth-order valence-corrected chi connectivity index (χ4v) is 3.19. The second-order valence-corrected chi connectivity index (χ2v) is 5.24. The Labute approximate surface area is 93.8 Å². The highest BCUT2D eigenvalue weighted by Gasteiger charge is 2.37. The van der Waals surface area contributed by atoms with Crippen molar-refractivity contribution in [3.8, 4) is 0 Å². The van der Waals surface area contributed by atoms with Crippen LogP contribution in [0, 0.1) is 0 Å². The molecule has 2 fully saturated rings. The number of carbonyl (C=O) groups is 2. The Morgan fingerprint density at radius 1 is 1.40 bits per heavy atom. The van der Waals surface area contributed by atoms with Crippen LogP contribution in [0.3, 0.4) is 0 Å². The van der Waals surface area contributed by atoms with E-state index in [0.29, 0.717) is 5.25 Å². The number of carbonyl (C=O) groups excluding carboxylic acids is 2. The van der Waals surface area contributed by atoms with Gasteiger partial charge in [0.25, 0.3) is 0 Å². The van der Waals surface area contributed by atoms with Gasteiger partial charge in [0.1, 0.15) is 0 Å². The molecule has 84 valence electrons. The van der Waals surface area contributed by atoms with Crippen LogP contribution in [0.5, 0.6) is 0 Å². The van der Waals surface area contributed by atoms with Crippen LogP contribution in [0.4, 0.5) is 4.79 Å². The first-order valence-corrected chi connectivity index (χ1v) is 6.64. The summed E-state index contributed by atoms with van der Waals surface area (Å²) in [6.07, 6.45) is 6.35. The molecule has 0 radical (unpaired) electrons. The van der Waals surface area contributed by atoms with E-state index in [9.17, 15) is 9.59 Å². The van der Waals surface area contributed by atoms with Gasteiger partial charge in [0.15, 0.2) is 0 Å². The summed E-state index contributed by atoms with van der Waals surface area (Å²) in [4.78, 5) is 24.4. The third kappa shape index (κ3) is 2.12. The maximum absolute atomic E-state index is 11.5. The monoisotopic (exact) mass is 228 g/mol. The van der Waals surface area contributed by atoms with Crippen molar-refractivity contribution < 1.29 is 9.59 Å². The summed E-state index contributed by atoms with van der Waals surface area (Å²) in [5.74, 6) is -0.0632. The highest BCUT2D eigenvalue weighted by Crippen LogP contribution is 2.30. The molecular formula is C10H16N2O2S. The van der Waals surface area contributed by atoms with Gasteiger partial charge in [-0.2, -0.15) is 11.8 Å². The van der Waals surface area contributed by atoms with Gasteiger partial charge in [0, 0.05) is 11.3 Å². The summed E-state index contributed by atoms with van der Waals surface area (Å²) in [5, 5.41) is 3.18. The number of thioether (sulfide) groups is 1. The molecule has 0 aromatic heterocycles. The van der Waals surface area contributed by atoms with Gasteiger partial charge >= 0.3 is 6.03 Å². The smallest absolute Gasteiger partial charge is 0.324 e. The van der Waals surface area contributed by atoms with Crippen LogP contribution in [0.1, 0.15) is 25.7 Å². The predicted molar refractivity (Wildman–Crippen MR) is 59.8 cm³/mol. The summed E-state index contributed by atoms with van der Waals surface area (Å²) in [5.41, 5.74) is 0. The number of urea groups is 1. The molecule has 1 N–H and O–H groups in total. The minimum Gasteiger partial charge on any atom is -0.329 e. The lowest BCUT2D eigenvalue weighted by Crippen LogP contribution is -2.43. The van der Waals surface area contributed by atoms with E-state index in [2.05, 4.69) is 11.6 Å². The average Bonchev–Trinajstić information content (AvgIpc) is 2.59. The van der Waals surface area contributed by atoms with Gasteiger partial charge in [0.2, 0.25) is 5.91 Å². The van der Waals surface area contributed by atoms with Gasteiger partial charge in [-0.15, -0.1) is 0 Å². The Balaban J connectivity index is 2.03. The molecule has 1 aliphatic carbocycles. The minimum atomic E-state index is -0.202. The summed E-state index contributed by atoms with van der Waals surface area (Å²) in [7, 11) is 0. The Kier molecular flexibility index (Phi) is 3.19. The van der Waals surface area contributed by atoms with Gasteiger partial charge in [0.05, 0.1) is 6.54 Å². The van der Waals surface area contributed by atoms with E-state index in [1.807, 2.05) is 11.8 Å². The van der Waals surface area contributed by atoms with Crippen molar-refractivity contribution in [2.75, 3.05) is 12.8 Å². The fraction of sp³-hybridized carbons (Fsp3) is 0.800. The molecule has 1 saturated heterocycles. The fourth-order valence-electron chi connectivity index (χ4n) is 2.37. The van der Waals surface area contributed by atoms with Crippen molar-refractivity contribution in [2.24, 2.45) is 0 Å². The Bertz CT molecular complexity index is 267. The van der Waals surface area contributed by atoms with Crippen LogP contribution < -0.4 is 5.32 Å². The molecule has 15 heavy (non-hydrogen) atoms. The molecule has 0 aromatic rings. The molecule has 2 atom stereocenters. The lowest BCUT2D eigenvalue weighted by atomic mass is 9.94. The molecule has 1 aliphatic heterocycles. The number of nitrogens with zero attached hydrogens (tertiary/aromatic N) is 1. The zero-order valence-electron chi connectivity index (χ0n) is 8.86. The van der Waals surface area contributed by atoms with Crippen LogP contribution in [0.25, 0.3) is 0 Å². The van der Waals surface area contributed by atoms with Crippen molar-refractivity contribution in [1.82, 2.24) is 10.2 Å². The molecule has 5 heteroatoms. The minimum absolute atomic E-state index is 0.0632. The van der Waals surface area contributed by atoms with Gasteiger partial charge in [-0.1, -0.05) is 6.42 Å². The van der Waals surface area contributed by atoms with Crippen LogP contribution in [0.2, 0.25) is 0 Å². The molecular weight excluding hydrogens is 212 g/mol. The van der Waals surface area contributed by atoms with E-state index < -0.39 is 0 Å². The van der Waals surface area contributed by atoms with E-state index >= 15 is 0 Å².